The van der Waals surface area contributed by atoms with Gasteiger partial charge in [-0.25, -0.2) is 8.42 Å². The minimum Gasteiger partial charge on any atom is -0.369 e. The molecule has 0 aromatic heterocycles. The van der Waals surface area contributed by atoms with E-state index in [1.54, 1.807) is 24.3 Å². The first-order valence-electron chi connectivity index (χ1n) is 6.22. The summed E-state index contributed by atoms with van der Waals surface area (Å²) in [7, 11) is -2.91. The summed E-state index contributed by atoms with van der Waals surface area (Å²) in [5.74, 6) is -0.0540. The Morgan fingerprint density at radius 3 is 2.70 bits per heavy atom. The van der Waals surface area contributed by atoms with Crippen LogP contribution in [0.1, 0.15) is 6.42 Å². The molecule has 0 aliphatic carbocycles. The third-order valence-electron chi connectivity index (χ3n) is 3.08. The van der Waals surface area contributed by atoms with Crippen LogP contribution in [0.3, 0.4) is 0 Å². The molecule has 6 nitrogen and oxygen atoms in total. The van der Waals surface area contributed by atoms with Crippen LogP contribution in [0.4, 0.5) is 11.4 Å². The molecule has 1 N–H and O–H groups in total. The van der Waals surface area contributed by atoms with E-state index < -0.39 is 9.84 Å². The molecule has 0 unspecified atom stereocenters. The highest BCUT2D eigenvalue weighted by Gasteiger charge is 2.21. The molecule has 1 fully saturated rings. The van der Waals surface area contributed by atoms with Crippen LogP contribution in [-0.4, -0.2) is 38.9 Å². The van der Waals surface area contributed by atoms with E-state index in [4.69, 9.17) is 5.26 Å². The Balaban J connectivity index is 2.07. The fourth-order valence-electron chi connectivity index (χ4n) is 2.03. The van der Waals surface area contributed by atoms with Crippen molar-refractivity contribution in [2.75, 3.05) is 34.8 Å². The molecule has 1 heterocycles. The molecule has 2 rings (SSSR count). The van der Waals surface area contributed by atoms with E-state index in [0.29, 0.717) is 18.8 Å². The zero-order chi connectivity index (χ0) is 14.6. The predicted octanol–water partition coefficient (Wildman–Crippen LogP) is 0.774. The number of nitriles is 1. The Bertz CT molecular complexity index is 635. The Morgan fingerprint density at radius 2 is 2.05 bits per heavy atom. The minimum absolute atomic E-state index is 0.151. The molecule has 0 atom stereocenters. The smallest absolute Gasteiger partial charge is 0.238 e. The van der Waals surface area contributed by atoms with Gasteiger partial charge in [0.2, 0.25) is 5.91 Å². The number of carbonyl (C=O) groups excluding carboxylic acids is 1. The molecule has 1 aliphatic rings. The summed E-state index contributed by atoms with van der Waals surface area (Å²) < 4.78 is 22.8. The molecule has 0 bridgehead atoms. The zero-order valence-electron chi connectivity index (χ0n) is 10.9. The van der Waals surface area contributed by atoms with Crippen LogP contribution < -0.4 is 10.2 Å². The molecule has 0 radical (unpaired) electrons. The van der Waals surface area contributed by atoms with Crippen molar-refractivity contribution in [3.8, 4) is 6.07 Å². The number of anilines is 2. The van der Waals surface area contributed by atoms with Gasteiger partial charge in [-0.15, -0.1) is 0 Å². The average molecular weight is 293 g/mol. The van der Waals surface area contributed by atoms with Gasteiger partial charge in [0.15, 0.2) is 9.84 Å². The fraction of sp³-hybridized carbons (Fsp3) is 0.385. The number of hydrogen-bond acceptors (Lipinski definition) is 5. The van der Waals surface area contributed by atoms with Gasteiger partial charge in [-0.05, 0) is 18.2 Å². The molecule has 1 amide bonds. The lowest BCUT2D eigenvalue weighted by Gasteiger charge is -2.29. The number of nitrogens with zero attached hydrogens (tertiary/aromatic N) is 2. The molecular formula is C13H15N3O3S. The number of carbonyl (C=O) groups is 1. The molecule has 0 saturated carbocycles. The van der Waals surface area contributed by atoms with Gasteiger partial charge >= 0.3 is 0 Å². The maximum atomic E-state index is 11.4. The highest BCUT2D eigenvalue weighted by Crippen LogP contribution is 2.21. The molecule has 1 saturated heterocycles. The van der Waals surface area contributed by atoms with Gasteiger partial charge in [0.1, 0.15) is 6.42 Å². The molecule has 0 spiro atoms. The number of hydrogen-bond donors (Lipinski definition) is 1. The van der Waals surface area contributed by atoms with E-state index in [0.717, 1.165) is 5.69 Å². The second-order valence-corrected chi connectivity index (χ2v) is 6.88. The number of nitrogens with one attached hydrogen (secondary N) is 1. The molecule has 1 aliphatic heterocycles. The van der Waals surface area contributed by atoms with E-state index in [1.807, 2.05) is 11.0 Å². The van der Waals surface area contributed by atoms with Crippen molar-refractivity contribution in [3.05, 3.63) is 24.3 Å². The monoisotopic (exact) mass is 293 g/mol. The summed E-state index contributed by atoms with van der Waals surface area (Å²) in [6.07, 6.45) is -0.188. The summed E-state index contributed by atoms with van der Waals surface area (Å²) in [5.41, 5.74) is 1.48. The average Bonchev–Trinajstić information content (AvgIpc) is 2.39. The second-order valence-electron chi connectivity index (χ2n) is 4.57. The van der Waals surface area contributed by atoms with Crippen LogP contribution >= 0.6 is 0 Å². The number of rotatable bonds is 3. The number of amides is 1. The predicted molar refractivity (Wildman–Crippen MR) is 76.2 cm³/mol. The van der Waals surface area contributed by atoms with Crippen molar-refractivity contribution in [3.63, 3.8) is 0 Å². The zero-order valence-corrected chi connectivity index (χ0v) is 11.7. The standard InChI is InChI=1S/C13H15N3O3S/c14-5-4-13(17)15-11-2-1-3-12(10-11)16-6-8-20(18,19)9-7-16/h1-3,10H,4,6-9H2,(H,15,17). The maximum absolute atomic E-state index is 11.4. The number of sulfone groups is 1. The lowest BCUT2D eigenvalue weighted by molar-refractivity contribution is -0.115. The lowest BCUT2D eigenvalue weighted by Crippen LogP contribution is -2.40. The van der Waals surface area contributed by atoms with Crippen LogP contribution in [0.15, 0.2) is 24.3 Å². The van der Waals surface area contributed by atoms with E-state index in [2.05, 4.69) is 5.32 Å². The Kier molecular flexibility index (Phi) is 4.25. The van der Waals surface area contributed by atoms with Crippen LogP contribution in [0.2, 0.25) is 0 Å². The van der Waals surface area contributed by atoms with Gasteiger partial charge in [0.05, 0.1) is 17.6 Å². The van der Waals surface area contributed by atoms with Gasteiger partial charge in [0.25, 0.3) is 0 Å². The SMILES string of the molecule is N#CCC(=O)Nc1cccc(N2CCS(=O)(=O)CC2)c1. The summed E-state index contributed by atoms with van der Waals surface area (Å²) in [6, 6.07) is 8.97. The largest absolute Gasteiger partial charge is 0.369 e. The van der Waals surface area contributed by atoms with Gasteiger partial charge in [-0.2, -0.15) is 5.26 Å². The van der Waals surface area contributed by atoms with E-state index in [-0.39, 0.29) is 23.8 Å². The van der Waals surface area contributed by atoms with Crippen LogP contribution in [-0.2, 0) is 14.6 Å². The van der Waals surface area contributed by atoms with E-state index in [9.17, 15) is 13.2 Å². The molecule has 20 heavy (non-hydrogen) atoms. The van der Waals surface area contributed by atoms with Gasteiger partial charge in [-0.3, -0.25) is 4.79 Å². The van der Waals surface area contributed by atoms with Crippen LogP contribution in [0.5, 0.6) is 0 Å². The molecule has 7 heteroatoms. The first-order chi connectivity index (χ1) is 9.50. The highest BCUT2D eigenvalue weighted by atomic mass is 32.2. The van der Waals surface area contributed by atoms with Crippen molar-refractivity contribution in [1.82, 2.24) is 0 Å². The van der Waals surface area contributed by atoms with Gasteiger partial charge < -0.3 is 10.2 Å². The molecule has 1 aromatic rings. The maximum Gasteiger partial charge on any atom is 0.238 e. The second kappa shape index (κ2) is 5.92. The minimum atomic E-state index is -2.91. The molecular weight excluding hydrogens is 278 g/mol. The van der Waals surface area contributed by atoms with E-state index in [1.165, 1.54) is 0 Å². The highest BCUT2D eigenvalue weighted by molar-refractivity contribution is 7.91. The summed E-state index contributed by atoms with van der Waals surface area (Å²) in [6.45, 7) is 0.913. The van der Waals surface area contributed by atoms with Crippen molar-refractivity contribution < 1.29 is 13.2 Å². The van der Waals surface area contributed by atoms with E-state index >= 15 is 0 Å². The van der Waals surface area contributed by atoms with Crippen molar-refractivity contribution >= 4 is 27.1 Å². The summed E-state index contributed by atoms with van der Waals surface area (Å²) in [4.78, 5) is 13.3. The van der Waals surface area contributed by atoms with Crippen LogP contribution in [0.25, 0.3) is 0 Å². The van der Waals surface area contributed by atoms with Crippen molar-refractivity contribution in [1.29, 1.82) is 5.26 Å². The topological polar surface area (TPSA) is 90.3 Å². The Morgan fingerprint density at radius 1 is 1.35 bits per heavy atom. The fourth-order valence-corrected chi connectivity index (χ4v) is 3.23. The first kappa shape index (κ1) is 14.3. The Hall–Kier alpha value is -2.07. The van der Waals surface area contributed by atoms with Gasteiger partial charge in [-0.1, -0.05) is 6.07 Å². The third kappa shape index (κ3) is 3.71. The normalized spacial score (nSPS) is 17.2. The first-order valence-corrected chi connectivity index (χ1v) is 8.04. The Labute approximate surface area is 117 Å². The number of benzene rings is 1. The van der Waals surface area contributed by atoms with Crippen molar-refractivity contribution in [2.45, 2.75) is 6.42 Å². The lowest BCUT2D eigenvalue weighted by atomic mass is 10.2. The van der Waals surface area contributed by atoms with Crippen molar-refractivity contribution in [2.24, 2.45) is 0 Å². The van der Waals surface area contributed by atoms with Crippen LogP contribution in [0, 0.1) is 11.3 Å². The molecule has 1 aromatic carbocycles. The summed E-state index contributed by atoms with van der Waals surface area (Å²) >= 11 is 0. The summed E-state index contributed by atoms with van der Waals surface area (Å²) in [5, 5.41) is 11.1. The third-order valence-corrected chi connectivity index (χ3v) is 4.69. The van der Waals surface area contributed by atoms with Gasteiger partial charge in [0, 0.05) is 24.5 Å². The molecule has 106 valence electrons. The quantitative estimate of drug-likeness (QED) is 0.889.